The second-order valence-corrected chi connectivity index (χ2v) is 7.36. The molecule has 2 atom stereocenters. The molecule has 4 aliphatic rings. The number of halogens is 1. The molecule has 120 valence electrons. The third-order valence-electron chi connectivity index (χ3n) is 6.25. The molecule has 2 heterocycles. The fraction of sp³-hybridized carbons (Fsp3) is 0.476. The van der Waals surface area contributed by atoms with Crippen molar-refractivity contribution in [3.05, 3.63) is 64.5 Å². The van der Waals surface area contributed by atoms with Crippen molar-refractivity contribution in [2.24, 2.45) is 5.92 Å². The van der Waals surface area contributed by atoms with Crippen molar-refractivity contribution in [3.63, 3.8) is 0 Å². The van der Waals surface area contributed by atoms with Crippen LogP contribution in [0.1, 0.15) is 56.6 Å². The maximum atomic E-state index is 2.52. The molecular formula is C21H24ClN. The first-order valence-electron chi connectivity index (χ1n) is 9.02. The van der Waals surface area contributed by atoms with Crippen LogP contribution in [0.2, 0.25) is 0 Å². The molecular weight excluding hydrogens is 302 g/mol. The molecule has 0 amide bonds. The maximum absolute atomic E-state index is 2.52. The molecule has 1 aliphatic heterocycles. The van der Waals surface area contributed by atoms with Gasteiger partial charge in [0.1, 0.15) is 0 Å². The Hall–Kier alpha value is -1.34. The largest absolute Gasteiger partial charge is 1.00 e. The molecule has 3 aliphatic carbocycles. The van der Waals surface area contributed by atoms with Gasteiger partial charge >= 0.3 is 0 Å². The first-order chi connectivity index (χ1) is 10.9. The molecule has 2 heteroatoms. The van der Waals surface area contributed by atoms with Gasteiger partial charge in [-0.25, -0.2) is 0 Å². The molecule has 1 nitrogen and oxygen atoms in total. The van der Waals surface area contributed by atoms with Gasteiger partial charge in [0.05, 0.1) is 5.92 Å². The number of fused-ring (bicyclic) bond motifs is 3. The van der Waals surface area contributed by atoms with Crippen LogP contribution < -0.4 is 17.0 Å². The molecule has 0 saturated heterocycles. The Balaban J connectivity index is 0.00000135. The zero-order valence-corrected chi connectivity index (χ0v) is 14.4. The van der Waals surface area contributed by atoms with Gasteiger partial charge < -0.3 is 12.4 Å². The molecule has 2 unspecified atom stereocenters. The van der Waals surface area contributed by atoms with Crippen LogP contribution in [0.3, 0.4) is 0 Å². The SMILES string of the molecule is C1=CC2=C3C[n+]4ccccc4C4CCCC(=C34)CCC2CC1.[Cl-]. The van der Waals surface area contributed by atoms with E-state index in [1.807, 2.05) is 0 Å². The zero-order chi connectivity index (χ0) is 14.5. The van der Waals surface area contributed by atoms with Crippen LogP contribution in [-0.2, 0) is 6.54 Å². The molecule has 0 spiro atoms. The van der Waals surface area contributed by atoms with Gasteiger partial charge in [0.25, 0.3) is 0 Å². The summed E-state index contributed by atoms with van der Waals surface area (Å²) >= 11 is 0. The van der Waals surface area contributed by atoms with E-state index in [4.69, 9.17) is 0 Å². The van der Waals surface area contributed by atoms with Crippen LogP contribution in [-0.4, -0.2) is 0 Å². The quantitative estimate of drug-likeness (QED) is 0.638. The van der Waals surface area contributed by atoms with Crippen LogP contribution in [0.25, 0.3) is 0 Å². The summed E-state index contributed by atoms with van der Waals surface area (Å²) in [4.78, 5) is 0. The monoisotopic (exact) mass is 325 g/mol. The first kappa shape index (κ1) is 15.2. The third-order valence-corrected chi connectivity index (χ3v) is 6.25. The van der Waals surface area contributed by atoms with Crippen LogP contribution in [0.4, 0.5) is 0 Å². The summed E-state index contributed by atoms with van der Waals surface area (Å²) < 4.78 is 2.52. The highest BCUT2D eigenvalue weighted by Gasteiger charge is 2.40. The summed E-state index contributed by atoms with van der Waals surface area (Å²) in [5.74, 6) is 1.48. The summed E-state index contributed by atoms with van der Waals surface area (Å²) in [5.41, 5.74) is 8.50. The second-order valence-electron chi connectivity index (χ2n) is 7.36. The lowest BCUT2D eigenvalue weighted by Crippen LogP contribution is -3.00. The van der Waals surface area contributed by atoms with Crippen molar-refractivity contribution in [1.29, 1.82) is 0 Å². The van der Waals surface area contributed by atoms with Crippen LogP contribution in [0.5, 0.6) is 0 Å². The Labute approximate surface area is 145 Å². The number of allylic oxidation sites excluding steroid dienone is 6. The predicted octanol–water partition coefficient (Wildman–Crippen LogP) is 1.61. The van der Waals surface area contributed by atoms with E-state index < -0.39 is 0 Å². The van der Waals surface area contributed by atoms with Gasteiger partial charge in [-0.15, -0.1) is 0 Å². The second kappa shape index (κ2) is 5.94. The van der Waals surface area contributed by atoms with E-state index in [9.17, 15) is 0 Å². The molecule has 5 rings (SSSR count). The zero-order valence-electron chi connectivity index (χ0n) is 13.6. The van der Waals surface area contributed by atoms with E-state index in [-0.39, 0.29) is 12.4 Å². The van der Waals surface area contributed by atoms with Crippen LogP contribution in [0.15, 0.2) is 58.8 Å². The average molecular weight is 326 g/mol. The molecule has 0 bridgehead atoms. The van der Waals surface area contributed by atoms with Gasteiger partial charge in [0.2, 0.25) is 0 Å². The highest BCUT2D eigenvalue weighted by atomic mass is 35.5. The molecule has 1 aromatic heterocycles. The fourth-order valence-electron chi connectivity index (χ4n) is 5.27. The van der Waals surface area contributed by atoms with Gasteiger partial charge in [0.15, 0.2) is 18.4 Å². The van der Waals surface area contributed by atoms with Crippen molar-refractivity contribution in [2.45, 2.75) is 57.4 Å². The van der Waals surface area contributed by atoms with Gasteiger partial charge in [0, 0.05) is 17.7 Å². The van der Waals surface area contributed by atoms with Crippen molar-refractivity contribution < 1.29 is 17.0 Å². The minimum Gasteiger partial charge on any atom is -1.00 e. The number of nitrogens with zero attached hydrogens (tertiary/aromatic N) is 1. The van der Waals surface area contributed by atoms with Crippen molar-refractivity contribution in [1.82, 2.24) is 0 Å². The third kappa shape index (κ3) is 2.32. The fourth-order valence-corrected chi connectivity index (χ4v) is 5.27. The summed E-state index contributed by atoms with van der Waals surface area (Å²) in [6.45, 7) is 1.10. The van der Waals surface area contributed by atoms with Gasteiger partial charge in [-0.1, -0.05) is 23.8 Å². The van der Waals surface area contributed by atoms with E-state index in [0.717, 1.165) is 12.5 Å². The number of hydrogen-bond acceptors (Lipinski definition) is 0. The Morgan fingerprint density at radius 2 is 2.00 bits per heavy atom. The minimum atomic E-state index is 0. The first-order valence-corrected chi connectivity index (χ1v) is 9.02. The van der Waals surface area contributed by atoms with E-state index in [1.54, 1.807) is 28.0 Å². The predicted molar refractivity (Wildman–Crippen MR) is 88.4 cm³/mol. The smallest absolute Gasteiger partial charge is 0.189 e. The maximum Gasteiger partial charge on any atom is 0.189 e. The number of rotatable bonds is 0. The summed E-state index contributed by atoms with van der Waals surface area (Å²) in [6, 6.07) is 6.78. The van der Waals surface area contributed by atoms with Gasteiger partial charge in [-0.2, -0.15) is 4.57 Å². The standard InChI is InChI=1S/C21H24N.ClH/c1-2-8-17-15(6-1)11-12-16-7-5-9-18-20-10-3-4-13-22(20)14-19(17)21(16)18;/h2-4,8,10,13,15,18H,1,5-7,9,11-12,14H2;1H/q+1;/p-1. The summed E-state index contributed by atoms with van der Waals surface area (Å²) in [6.07, 6.45) is 16.6. The van der Waals surface area contributed by atoms with Gasteiger partial charge in [-0.3, -0.25) is 0 Å². The van der Waals surface area contributed by atoms with E-state index in [2.05, 4.69) is 41.1 Å². The van der Waals surface area contributed by atoms with E-state index in [0.29, 0.717) is 5.92 Å². The molecule has 0 fully saturated rings. The molecule has 0 saturated carbocycles. The van der Waals surface area contributed by atoms with Crippen molar-refractivity contribution in [3.8, 4) is 0 Å². The highest BCUT2D eigenvalue weighted by Crippen LogP contribution is 2.49. The Morgan fingerprint density at radius 1 is 1.04 bits per heavy atom. The van der Waals surface area contributed by atoms with Crippen molar-refractivity contribution in [2.75, 3.05) is 0 Å². The van der Waals surface area contributed by atoms with E-state index >= 15 is 0 Å². The lowest BCUT2D eigenvalue weighted by molar-refractivity contribution is -0.700. The molecule has 0 N–H and O–H groups in total. The van der Waals surface area contributed by atoms with Crippen molar-refractivity contribution >= 4 is 0 Å². The molecule has 1 aromatic rings. The average Bonchev–Trinajstić information content (AvgIpc) is 2.74. The topological polar surface area (TPSA) is 3.88 Å². The van der Waals surface area contributed by atoms with Crippen LogP contribution >= 0.6 is 0 Å². The number of pyridine rings is 1. The molecule has 23 heavy (non-hydrogen) atoms. The number of hydrogen-bond donors (Lipinski definition) is 0. The molecule has 0 radical (unpaired) electrons. The summed E-state index contributed by atoms with van der Waals surface area (Å²) in [5, 5.41) is 0. The Morgan fingerprint density at radius 3 is 2.96 bits per heavy atom. The lowest BCUT2D eigenvalue weighted by Gasteiger charge is -2.32. The van der Waals surface area contributed by atoms with Crippen LogP contribution in [0, 0.1) is 5.92 Å². The normalized spacial score (nSPS) is 28.3. The van der Waals surface area contributed by atoms with E-state index in [1.165, 1.54) is 44.9 Å². The lowest BCUT2D eigenvalue weighted by atomic mass is 9.73. The highest BCUT2D eigenvalue weighted by molar-refractivity contribution is 5.51. The summed E-state index contributed by atoms with van der Waals surface area (Å²) in [7, 11) is 0. The minimum absolute atomic E-state index is 0. The Kier molecular flexibility index (Phi) is 3.93. The number of aromatic nitrogens is 1. The van der Waals surface area contributed by atoms with Gasteiger partial charge in [-0.05, 0) is 62.0 Å². The Bertz CT molecular complexity index is 725. The molecule has 0 aromatic carbocycles.